The van der Waals surface area contributed by atoms with E-state index in [1.54, 1.807) is 20.8 Å². The molecule has 0 saturated heterocycles. The lowest BCUT2D eigenvalue weighted by molar-refractivity contribution is -0.386. The molecule has 2 N–H and O–H groups in total. The van der Waals surface area contributed by atoms with Crippen molar-refractivity contribution >= 4 is 11.6 Å². The average Bonchev–Trinajstić information content (AvgIpc) is 2.67. The molecule has 1 atom stereocenters. The molecule has 0 fully saturated rings. The molecular formula is C15H26N4O4. The molecule has 0 aliphatic carbocycles. The summed E-state index contributed by atoms with van der Waals surface area (Å²) in [6.45, 7) is 9.65. The van der Waals surface area contributed by atoms with E-state index in [9.17, 15) is 20.0 Å². The van der Waals surface area contributed by atoms with Crippen LogP contribution in [0, 0.1) is 29.4 Å². The zero-order chi connectivity index (χ0) is 17.8. The third kappa shape index (κ3) is 5.63. The van der Waals surface area contributed by atoms with Gasteiger partial charge in [0.25, 0.3) is 0 Å². The van der Waals surface area contributed by atoms with Crippen molar-refractivity contribution in [1.29, 1.82) is 0 Å². The Kier molecular flexibility index (Phi) is 6.26. The molecule has 1 amide bonds. The third-order valence-corrected chi connectivity index (χ3v) is 3.69. The van der Waals surface area contributed by atoms with Gasteiger partial charge in [-0.25, -0.2) is 0 Å². The largest absolute Gasteiger partial charge is 0.393 e. The number of hydrogen-bond donors (Lipinski definition) is 2. The molecule has 0 aliphatic rings. The number of rotatable bonds is 8. The highest BCUT2D eigenvalue weighted by molar-refractivity contribution is 5.75. The lowest BCUT2D eigenvalue weighted by Gasteiger charge is -2.26. The Bertz CT molecular complexity index is 578. The van der Waals surface area contributed by atoms with E-state index in [4.69, 9.17) is 0 Å². The van der Waals surface area contributed by atoms with Crippen molar-refractivity contribution in [3.05, 3.63) is 21.5 Å². The maximum atomic E-state index is 11.9. The summed E-state index contributed by atoms with van der Waals surface area (Å²) < 4.78 is 1.49. The Balaban J connectivity index is 2.54. The van der Waals surface area contributed by atoms with Gasteiger partial charge in [-0.05, 0) is 32.6 Å². The predicted octanol–water partition coefficient (Wildman–Crippen LogP) is 1.71. The molecule has 1 unspecified atom stereocenters. The fourth-order valence-corrected chi connectivity index (χ4v) is 2.67. The van der Waals surface area contributed by atoms with Crippen LogP contribution in [0.1, 0.15) is 45.0 Å². The smallest absolute Gasteiger partial charge is 0.312 e. The topological polar surface area (TPSA) is 110 Å². The Labute approximate surface area is 136 Å². The minimum atomic E-state index is -0.452. The van der Waals surface area contributed by atoms with Gasteiger partial charge in [0, 0.05) is 13.0 Å². The fourth-order valence-electron chi connectivity index (χ4n) is 2.67. The predicted molar refractivity (Wildman–Crippen MR) is 86.1 cm³/mol. The van der Waals surface area contributed by atoms with Crippen molar-refractivity contribution in [2.45, 2.75) is 60.1 Å². The summed E-state index contributed by atoms with van der Waals surface area (Å²) >= 11 is 0. The minimum absolute atomic E-state index is 0.00322. The van der Waals surface area contributed by atoms with Crippen LogP contribution in [0.5, 0.6) is 0 Å². The van der Waals surface area contributed by atoms with Crippen molar-refractivity contribution in [3.8, 4) is 0 Å². The molecule has 23 heavy (non-hydrogen) atoms. The van der Waals surface area contributed by atoms with E-state index in [1.807, 2.05) is 13.8 Å². The summed E-state index contributed by atoms with van der Waals surface area (Å²) in [7, 11) is 0. The van der Waals surface area contributed by atoms with Crippen molar-refractivity contribution < 1.29 is 14.8 Å². The number of amides is 1. The lowest BCUT2D eigenvalue weighted by Crippen LogP contribution is -2.36. The summed E-state index contributed by atoms with van der Waals surface area (Å²) in [4.78, 5) is 22.4. The minimum Gasteiger partial charge on any atom is -0.393 e. The molecule has 1 heterocycles. The molecule has 8 nitrogen and oxygen atoms in total. The molecule has 0 spiro atoms. The first-order valence-corrected chi connectivity index (χ1v) is 7.66. The van der Waals surface area contributed by atoms with E-state index in [0.717, 1.165) is 0 Å². The van der Waals surface area contributed by atoms with Gasteiger partial charge in [-0.15, -0.1) is 0 Å². The molecular weight excluding hydrogens is 300 g/mol. The van der Waals surface area contributed by atoms with Crippen LogP contribution in [0.15, 0.2) is 0 Å². The molecule has 130 valence electrons. The van der Waals surface area contributed by atoms with Crippen LogP contribution in [0.2, 0.25) is 0 Å². The first kappa shape index (κ1) is 19.1. The van der Waals surface area contributed by atoms with Gasteiger partial charge < -0.3 is 10.4 Å². The quantitative estimate of drug-likeness (QED) is 0.558. The Morgan fingerprint density at radius 2 is 2.09 bits per heavy atom. The first-order valence-electron chi connectivity index (χ1n) is 7.66. The number of nitrogens with zero attached hydrogens (tertiary/aromatic N) is 3. The van der Waals surface area contributed by atoms with Gasteiger partial charge in [0.05, 0.1) is 17.6 Å². The highest BCUT2D eigenvalue weighted by Crippen LogP contribution is 2.22. The fraction of sp³-hybridized carbons (Fsp3) is 0.733. The molecule has 1 aromatic rings. The van der Waals surface area contributed by atoms with E-state index in [2.05, 4.69) is 10.4 Å². The summed E-state index contributed by atoms with van der Waals surface area (Å²) in [6, 6.07) is 0. The van der Waals surface area contributed by atoms with E-state index in [0.29, 0.717) is 30.9 Å². The molecule has 0 radical (unpaired) electrons. The monoisotopic (exact) mass is 326 g/mol. The molecule has 1 aromatic heterocycles. The van der Waals surface area contributed by atoms with Crippen LogP contribution in [0.3, 0.4) is 0 Å². The third-order valence-electron chi connectivity index (χ3n) is 3.69. The Hall–Kier alpha value is -1.96. The van der Waals surface area contributed by atoms with E-state index >= 15 is 0 Å². The van der Waals surface area contributed by atoms with Crippen molar-refractivity contribution in [1.82, 2.24) is 15.1 Å². The first-order chi connectivity index (χ1) is 10.5. The summed E-state index contributed by atoms with van der Waals surface area (Å²) in [5, 5.41) is 27.3. The molecule has 8 heteroatoms. The molecule has 1 rings (SSSR count). The van der Waals surface area contributed by atoms with Gasteiger partial charge >= 0.3 is 5.69 Å². The number of carbonyl (C=O) groups excluding carboxylic acids is 1. The zero-order valence-corrected chi connectivity index (χ0v) is 14.4. The van der Waals surface area contributed by atoms with Crippen LogP contribution in [-0.4, -0.2) is 38.4 Å². The van der Waals surface area contributed by atoms with Gasteiger partial charge in [0.1, 0.15) is 11.4 Å². The normalized spacial score (nSPS) is 13.0. The number of nitrogens with one attached hydrogen (secondary N) is 1. The van der Waals surface area contributed by atoms with Crippen LogP contribution >= 0.6 is 0 Å². The Morgan fingerprint density at radius 1 is 1.48 bits per heavy atom. The number of aliphatic hydroxyl groups is 1. The van der Waals surface area contributed by atoms with Crippen molar-refractivity contribution in [2.75, 3.05) is 6.54 Å². The highest BCUT2D eigenvalue weighted by atomic mass is 16.6. The molecule has 0 aliphatic heterocycles. The number of aryl methyl sites for hydroxylation is 2. The standard InChI is InChI=1S/C15H26N4O4/c1-10(20)8-15(4,5)9-16-13(21)6-7-18-12(3)14(19(22)23)11(2)17-18/h10,20H,6-9H2,1-5H3,(H,16,21). The number of hydrogen-bond acceptors (Lipinski definition) is 5. The molecule has 0 bridgehead atoms. The summed E-state index contributed by atoms with van der Waals surface area (Å²) in [5.74, 6) is -0.140. The Morgan fingerprint density at radius 3 is 2.57 bits per heavy atom. The van der Waals surface area contributed by atoms with Gasteiger partial charge in [0.2, 0.25) is 5.91 Å². The van der Waals surface area contributed by atoms with Crippen molar-refractivity contribution in [2.24, 2.45) is 5.41 Å². The van der Waals surface area contributed by atoms with E-state index in [1.165, 1.54) is 4.68 Å². The van der Waals surface area contributed by atoms with Crippen LogP contribution < -0.4 is 5.32 Å². The van der Waals surface area contributed by atoms with Gasteiger partial charge in [0.15, 0.2) is 0 Å². The van der Waals surface area contributed by atoms with Crippen LogP contribution in [-0.2, 0) is 11.3 Å². The lowest BCUT2D eigenvalue weighted by atomic mass is 9.87. The van der Waals surface area contributed by atoms with Crippen LogP contribution in [0.4, 0.5) is 5.69 Å². The van der Waals surface area contributed by atoms with E-state index in [-0.39, 0.29) is 23.4 Å². The number of aromatic nitrogens is 2. The SMILES string of the molecule is Cc1nn(CCC(=O)NCC(C)(C)CC(C)O)c(C)c1[N+](=O)[O-]. The molecule has 0 aromatic carbocycles. The van der Waals surface area contributed by atoms with Crippen LogP contribution in [0.25, 0.3) is 0 Å². The molecule has 0 saturated carbocycles. The number of carbonyl (C=O) groups is 1. The number of aliphatic hydroxyl groups excluding tert-OH is 1. The second kappa shape index (κ2) is 7.54. The van der Waals surface area contributed by atoms with E-state index < -0.39 is 11.0 Å². The van der Waals surface area contributed by atoms with Gasteiger partial charge in [-0.3, -0.25) is 19.6 Å². The highest BCUT2D eigenvalue weighted by Gasteiger charge is 2.23. The maximum Gasteiger partial charge on any atom is 0.312 e. The number of nitro groups is 1. The average molecular weight is 326 g/mol. The zero-order valence-electron chi connectivity index (χ0n) is 14.4. The summed E-state index contributed by atoms with van der Waals surface area (Å²) in [6.07, 6.45) is 0.373. The van der Waals surface area contributed by atoms with Crippen molar-refractivity contribution in [3.63, 3.8) is 0 Å². The van der Waals surface area contributed by atoms with Gasteiger partial charge in [-0.1, -0.05) is 13.8 Å². The summed E-state index contributed by atoms with van der Waals surface area (Å²) in [5.41, 5.74) is 0.616. The van der Waals surface area contributed by atoms with Gasteiger partial charge in [-0.2, -0.15) is 5.10 Å². The maximum absolute atomic E-state index is 11.9. The second-order valence-electron chi connectivity index (χ2n) is 6.74. The second-order valence-corrected chi connectivity index (χ2v) is 6.74.